The van der Waals surface area contributed by atoms with E-state index in [4.69, 9.17) is 5.73 Å². The highest BCUT2D eigenvalue weighted by atomic mass is 16.1. The maximum absolute atomic E-state index is 11.7. The summed E-state index contributed by atoms with van der Waals surface area (Å²) in [4.78, 5) is 11.7. The number of carbonyl (C=O) groups is 1. The van der Waals surface area contributed by atoms with Crippen LogP contribution >= 0.6 is 0 Å². The number of nitrogens with two attached hydrogens (primary N) is 1. The summed E-state index contributed by atoms with van der Waals surface area (Å²) >= 11 is 0. The lowest BCUT2D eigenvalue weighted by atomic mass is 10.0. The number of carbonyl (C=O) groups excluding carboxylic acids is 1. The summed E-state index contributed by atoms with van der Waals surface area (Å²) < 4.78 is 0. The summed E-state index contributed by atoms with van der Waals surface area (Å²) in [6.07, 6.45) is 1.84. The zero-order valence-electron chi connectivity index (χ0n) is 9.78. The second-order valence-corrected chi connectivity index (χ2v) is 3.92. The molecule has 1 aromatic rings. The number of nitrogens with one attached hydrogen (secondary N) is 1. The van der Waals surface area contributed by atoms with E-state index < -0.39 is 0 Å². The Bertz CT molecular complexity index is 311. The molecule has 1 atom stereocenters. The third kappa shape index (κ3) is 4.03. The molecule has 0 radical (unpaired) electrons. The van der Waals surface area contributed by atoms with Gasteiger partial charge in [0.1, 0.15) is 0 Å². The lowest BCUT2D eigenvalue weighted by Gasteiger charge is -2.13. The van der Waals surface area contributed by atoms with Crippen LogP contribution in [-0.2, 0) is 11.3 Å². The molecule has 1 rings (SSSR count). The minimum atomic E-state index is -0.0475. The van der Waals surface area contributed by atoms with Crippen molar-refractivity contribution in [2.24, 2.45) is 11.7 Å². The Balaban J connectivity index is 2.40. The van der Waals surface area contributed by atoms with Gasteiger partial charge in [-0.15, -0.1) is 0 Å². The van der Waals surface area contributed by atoms with Crippen LogP contribution in [-0.4, -0.2) is 12.5 Å². The van der Waals surface area contributed by atoms with Crippen molar-refractivity contribution in [2.75, 3.05) is 6.54 Å². The molecule has 16 heavy (non-hydrogen) atoms. The Morgan fingerprint density at radius 1 is 1.38 bits per heavy atom. The van der Waals surface area contributed by atoms with Crippen LogP contribution in [0.4, 0.5) is 0 Å². The summed E-state index contributed by atoms with van der Waals surface area (Å²) in [7, 11) is 0. The van der Waals surface area contributed by atoms with Crippen molar-refractivity contribution in [1.82, 2.24) is 5.32 Å². The predicted octanol–water partition coefficient (Wildman–Crippen LogP) is 1.68. The smallest absolute Gasteiger partial charge is 0.224 e. The van der Waals surface area contributed by atoms with E-state index >= 15 is 0 Å². The van der Waals surface area contributed by atoms with E-state index in [0.29, 0.717) is 13.1 Å². The first-order chi connectivity index (χ1) is 7.77. The molecular formula is C13H20N2O. The van der Waals surface area contributed by atoms with Gasteiger partial charge < -0.3 is 11.1 Å². The molecule has 1 aromatic carbocycles. The molecule has 0 bridgehead atoms. The van der Waals surface area contributed by atoms with E-state index in [9.17, 15) is 4.79 Å². The Morgan fingerprint density at radius 3 is 2.62 bits per heavy atom. The maximum atomic E-state index is 11.7. The molecule has 0 saturated carbocycles. The molecule has 0 heterocycles. The molecule has 3 nitrogen and oxygen atoms in total. The van der Waals surface area contributed by atoms with Gasteiger partial charge in [0.2, 0.25) is 5.91 Å². The van der Waals surface area contributed by atoms with Gasteiger partial charge in [-0.25, -0.2) is 0 Å². The first kappa shape index (κ1) is 12.7. The summed E-state index contributed by atoms with van der Waals surface area (Å²) in [6, 6.07) is 9.89. The first-order valence-electron chi connectivity index (χ1n) is 5.79. The predicted molar refractivity (Wildman–Crippen MR) is 65.7 cm³/mol. The zero-order valence-corrected chi connectivity index (χ0v) is 9.78. The standard InChI is InChI=1S/C13H20N2O/c1-2-6-12(9-14)13(16)15-10-11-7-4-3-5-8-11/h3-5,7-8,12H,2,6,9-10,14H2,1H3,(H,15,16). The highest BCUT2D eigenvalue weighted by Gasteiger charge is 2.14. The van der Waals surface area contributed by atoms with E-state index in [1.807, 2.05) is 30.3 Å². The van der Waals surface area contributed by atoms with Crippen molar-refractivity contribution in [2.45, 2.75) is 26.3 Å². The summed E-state index contributed by atoms with van der Waals surface area (Å²) in [5, 5.41) is 2.92. The van der Waals surface area contributed by atoms with Crippen molar-refractivity contribution in [3.05, 3.63) is 35.9 Å². The minimum Gasteiger partial charge on any atom is -0.352 e. The number of hydrogen-bond acceptors (Lipinski definition) is 2. The zero-order chi connectivity index (χ0) is 11.8. The molecule has 3 N–H and O–H groups in total. The van der Waals surface area contributed by atoms with Crippen LogP contribution in [0.2, 0.25) is 0 Å². The molecule has 0 spiro atoms. The van der Waals surface area contributed by atoms with E-state index in [0.717, 1.165) is 18.4 Å². The van der Waals surface area contributed by atoms with Gasteiger partial charge in [0.15, 0.2) is 0 Å². The van der Waals surface area contributed by atoms with Crippen molar-refractivity contribution < 1.29 is 4.79 Å². The first-order valence-corrected chi connectivity index (χ1v) is 5.79. The second kappa shape index (κ2) is 7.01. The summed E-state index contributed by atoms with van der Waals surface area (Å²) in [5.74, 6) is 0.0157. The number of hydrogen-bond donors (Lipinski definition) is 2. The van der Waals surface area contributed by atoms with Gasteiger partial charge in [-0.3, -0.25) is 4.79 Å². The Kier molecular flexibility index (Phi) is 5.57. The third-order valence-corrected chi connectivity index (χ3v) is 2.60. The SMILES string of the molecule is CCCC(CN)C(=O)NCc1ccccc1. The lowest BCUT2D eigenvalue weighted by molar-refractivity contribution is -0.125. The molecule has 88 valence electrons. The van der Waals surface area contributed by atoms with Crippen molar-refractivity contribution >= 4 is 5.91 Å². The van der Waals surface area contributed by atoms with Gasteiger partial charge in [0.05, 0.1) is 5.92 Å². The number of benzene rings is 1. The van der Waals surface area contributed by atoms with E-state index in [1.54, 1.807) is 0 Å². The van der Waals surface area contributed by atoms with E-state index in [-0.39, 0.29) is 11.8 Å². The minimum absolute atomic E-state index is 0.0475. The van der Waals surface area contributed by atoms with Gasteiger partial charge >= 0.3 is 0 Å². The van der Waals surface area contributed by atoms with Crippen molar-refractivity contribution in [3.63, 3.8) is 0 Å². The summed E-state index contributed by atoms with van der Waals surface area (Å²) in [5.41, 5.74) is 6.68. The van der Waals surface area contributed by atoms with Crippen molar-refractivity contribution in [3.8, 4) is 0 Å². The summed E-state index contributed by atoms with van der Waals surface area (Å²) in [6.45, 7) is 3.07. The fraction of sp³-hybridized carbons (Fsp3) is 0.462. The molecule has 0 aliphatic carbocycles. The highest BCUT2D eigenvalue weighted by molar-refractivity contribution is 5.78. The van der Waals surface area contributed by atoms with Crippen LogP contribution in [0.1, 0.15) is 25.3 Å². The van der Waals surface area contributed by atoms with Crippen LogP contribution in [0.5, 0.6) is 0 Å². The third-order valence-electron chi connectivity index (χ3n) is 2.60. The Hall–Kier alpha value is -1.35. The molecule has 0 aromatic heterocycles. The van der Waals surface area contributed by atoms with Gasteiger partial charge in [-0.05, 0) is 12.0 Å². The molecule has 1 amide bonds. The highest BCUT2D eigenvalue weighted by Crippen LogP contribution is 2.05. The fourth-order valence-electron chi connectivity index (χ4n) is 1.63. The number of amides is 1. The van der Waals surface area contributed by atoms with Crippen LogP contribution in [0.15, 0.2) is 30.3 Å². The van der Waals surface area contributed by atoms with Crippen LogP contribution < -0.4 is 11.1 Å². The number of rotatable bonds is 6. The fourth-order valence-corrected chi connectivity index (χ4v) is 1.63. The van der Waals surface area contributed by atoms with E-state index in [2.05, 4.69) is 12.2 Å². The average Bonchev–Trinajstić information content (AvgIpc) is 2.34. The molecule has 3 heteroatoms. The van der Waals surface area contributed by atoms with Crippen LogP contribution in [0, 0.1) is 5.92 Å². The molecule has 0 aliphatic rings. The van der Waals surface area contributed by atoms with Crippen LogP contribution in [0.3, 0.4) is 0 Å². The Labute approximate surface area is 97.0 Å². The molecule has 0 saturated heterocycles. The lowest BCUT2D eigenvalue weighted by Crippen LogP contribution is -2.34. The average molecular weight is 220 g/mol. The second-order valence-electron chi connectivity index (χ2n) is 3.92. The quantitative estimate of drug-likeness (QED) is 0.766. The maximum Gasteiger partial charge on any atom is 0.224 e. The Morgan fingerprint density at radius 2 is 2.06 bits per heavy atom. The topological polar surface area (TPSA) is 55.1 Å². The molecular weight excluding hydrogens is 200 g/mol. The van der Waals surface area contributed by atoms with Gasteiger partial charge in [0, 0.05) is 13.1 Å². The normalized spacial score (nSPS) is 12.1. The van der Waals surface area contributed by atoms with Gasteiger partial charge in [0.25, 0.3) is 0 Å². The molecule has 1 unspecified atom stereocenters. The van der Waals surface area contributed by atoms with Crippen molar-refractivity contribution in [1.29, 1.82) is 0 Å². The van der Waals surface area contributed by atoms with Gasteiger partial charge in [-0.1, -0.05) is 43.7 Å². The molecule has 0 fully saturated rings. The van der Waals surface area contributed by atoms with Gasteiger partial charge in [-0.2, -0.15) is 0 Å². The van der Waals surface area contributed by atoms with Crippen LogP contribution in [0.25, 0.3) is 0 Å². The van der Waals surface area contributed by atoms with E-state index in [1.165, 1.54) is 0 Å². The largest absolute Gasteiger partial charge is 0.352 e. The monoisotopic (exact) mass is 220 g/mol. The molecule has 0 aliphatic heterocycles.